The van der Waals surface area contributed by atoms with Crippen LogP contribution in [0.2, 0.25) is 0 Å². The number of aliphatic hydroxyl groups excluding tert-OH is 1. The van der Waals surface area contributed by atoms with Crippen LogP contribution in [0.3, 0.4) is 0 Å². The summed E-state index contributed by atoms with van der Waals surface area (Å²) in [7, 11) is 1.53. The summed E-state index contributed by atoms with van der Waals surface area (Å²) >= 11 is 0. The van der Waals surface area contributed by atoms with Gasteiger partial charge in [0.25, 0.3) is 11.7 Å². The van der Waals surface area contributed by atoms with Crippen molar-refractivity contribution in [3.05, 3.63) is 71.3 Å². The van der Waals surface area contributed by atoms with E-state index in [1.54, 1.807) is 47.4 Å². The molecule has 1 heterocycles. The predicted octanol–water partition coefficient (Wildman–Crippen LogP) is 5.51. The van der Waals surface area contributed by atoms with Crippen molar-refractivity contribution in [2.24, 2.45) is 0 Å². The first-order chi connectivity index (χ1) is 19.3. The van der Waals surface area contributed by atoms with Crippen LogP contribution in [0, 0.1) is 6.92 Å². The number of ketones is 1. The minimum absolute atomic E-state index is 0.0467. The van der Waals surface area contributed by atoms with Gasteiger partial charge in [-0.2, -0.15) is 0 Å². The molecule has 1 aliphatic rings. The van der Waals surface area contributed by atoms with Crippen LogP contribution in [-0.2, 0) is 9.59 Å². The topological polar surface area (TPSA) is 88.5 Å². The number of nitrogens with zero attached hydrogens (tertiary/aromatic N) is 2. The summed E-state index contributed by atoms with van der Waals surface area (Å²) in [4.78, 5) is 30.6. The van der Waals surface area contributed by atoms with Gasteiger partial charge in [0, 0.05) is 18.7 Å². The number of ether oxygens (including phenoxy) is 3. The second-order valence-corrected chi connectivity index (χ2v) is 9.71. The lowest BCUT2D eigenvalue weighted by atomic mass is 9.94. The number of unbranched alkanes of at least 4 members (excludes halogenated alkanes) is 1. The summed E-state index contributed by atoms with van der Waals surface area (Å²) in [6, 6.07) is 9.79. The van der Waals surface area contributed by atoms with Crippen LogP contribution in [0.15, 0.2) is 54.6 Å². The molecule has 3 rings (SSSR count). The Bertz CT molecular complexity index is 1230. The second kappa shape index (κ2) is 14.6. The highest BCUT2D eigenvalue weighted by atomic mass is 16.5. The number of aliphatic hydroxyl groups is 1. The van der Waals surface area contributed by atoms with E-state index in [9.17, 15) is 14.7 Å². The molecule has 0 spiro atoms. The first-order valence-corrected chi connectivity index (χ1v) is 14.0. The molecule has 216 valence electrons. The van der Waals surface area contributed by atoms with E-state index in [1.165, 1.54) is 7.11 Å². The minimum Gasteiger partial charge on any atom is -0.507 e. The second-order valence-electron chi connectivity index (χ2n) is 9.71. The molecule has 0 aromatic heterocycles. The highest BCUT2D eigenvalue weighted by Crippen LogP contribution is 2.42. The Balaban J connectivity index is 2.10. The maximum Gasteiger partial charge on any atom is 0.295 e. The molecular formula is C32H42N2O6. The maximum atomic E-state index is 13.5. The number of hydrogen-bond donors (Lipinski definition) is 1. The van der Waals surface area contributed by atoms with Gasteiger partial charge in [-0.3, -0.25) is 9.59 Å². The van der Waals surface area contributed by atoms with Crippen molar-refractivity contribution >= 4 is 17.4 Å². The molecule has 0 radical (unpaired) electrons. The van der Waals surface area contributed by atoms with Gasteiger partial charge >= 0.3 is 0 Å². The average molecular weight is 551 g/mol. The molecule has 40 heavy (non-hydrogen) atoms. The van der Waals surface area contributed by atoms with Crippen LogP contribution in [0.25, 0.3) is 5.76 Å². The first-order valence-electron chi connectivity index (χ1n) is 14.0. The zero-order chi connectivity index (χ0) is 29.2. The number of carbonyl (C=O) groups excluding carboxylic acids is 2. The molecule has 0 saturated carbocycles. The van der Waals surface area contributed by atoms with Crippen molar-refractivity contribution in [3.8, 4) is 17.2 Å². The van der Waals surface area contributed by atoms with Crippen molar-refractivity contribution in [2.75, 3.05) is 46.5 Å². The third-order valence-electron chi connectivity index (χ3n) is 7.16. The molecule has 1 amide bonds. The number of amides is 1. The van der Waals surface area contributed by atoms with Crippen LogP contribution in [0.4, 0.5) is 0 Å². The Morgan fingerprint density at radius 1 is 1.05 bits per heavy atom. The third kappa shape index (κ3) is 6.86. The van der Waals surface area contributed by atoms with Gasteiger partial charge in [0.2, 0.25) is 0 Å². The lowest BCUT2D eigenvalue weighted by molar-refractivity contribution is -0.140. The summed E-state index contributed by atoms with van der Waals surface area (Å²) in [6.45, 7) is 15.3. The van der Waals surface area contributed by atoms with Gasteiger partial charge in [-0.25, -0.2) is 0 Å². The summed E-state index contributed by atoms with van der Waals surface area (Å²) in [5, 5.41) is 11.5. The minimum atomic E-state index is -0.793. The third-order valence-corrected chi connectivity index (χ3v) is 7.16. The number of methoxy groups -OCH3 is 1. The number of carbonyl (C=O) groups is 2. The number of Topliss-reactive ketones (excluding diaryl/α,β-unsaturated/α-hetero) is 1. The number of rotatable bonds is 15. The van der Waals surface area contributed by atoms with Gasteiger partial charge in [-0.1, -0.05) is 45.9 Å². The Hall–Kier alpha value is -3.78. The van der Waals surface area contributed by atoms with Crippen LogP contribution in [-0.4, -0.2) is 73.1 Å². The number of likely N-dealkylation sites (tertiary alicyclic amines) is 1. The van der Waals surface area contributed by atoms with Gasteiger partial charge in [-0.05, 0) is 67.9 Å². The number of aryl methyl sites for hydroxylation is 1. The Kier molecular flexibility index (Phi) is 11.2. The van der Waals surface area contributed by atoms with Gasteiger partial charge in [-0.15, -0.1) is 0 Å². The van der Waals surface area contributed by atoms with E-state index >= 15 is 0 Å². The molecule has 1 unspecified atom stereocenters. The molecule has 1 atom stereocenters. The molecule has 2 aromatic carbocycles. The van der Waals surface area contributed by atoms with E-state index in [1.807, 2.05) is 6.92 Å². The Labute approximate surface area is 237 Å². The fraction of sp³-hybridized carbons (Fsp3) is 0.438. The van der Waals surface area contributed by atoms with E-state index in [4.69, 9.17) is 14.2 Å². The molecule has 8 heteroatoms. The van der Waals surface area contributed by atoms with Gasteiger partial charge < -0.3 is 29.1 Å². The van der Waals surface area contributed by atoms with E-state index in [2.05, 4.69) is 32.3 Å². The molecule has 1 saturated heterocycles. The number of hydrogen-bond acceptors (Lipinski definition) is 7. The molecule has 1 fully saturated rings. The van der Waals surface area contributed by atoms with Gasteiger partial charge in [0.15, 0.2) is 11.5 Å². The monoisotopic (exact) mass is 550 g/mol. The molecule has 0 aliphatic carbocycles. The predicted molar refractivity (Wildman–Crippen MR) is 157 cm³/mol. The SMILES string of the molecule is C=CCOc1ccc(C2/C(=C(\O)c3ccc(OCCCC)c(C)c3)C(=O)C(=O)N2CCN(CC)CC)cc1OC. The lowest BCUT2D eigenvalue weighted by Gasteiger charge is -2.28. The quantitative estimate of drug-likeness (QED) is 0.103. The summed E-state index contributed by atoms with van der Waals surface area (Å²) in [6.07, 6.45) is 3.61. The molecule has 1 aliphatic heterocycles. The molecular weight excluding hydrogens is 508 g/mol. The smallest absolute Gasteiger partial charge is 0.295 e. The van der Waals surface area contributed by atoms with Crippen LogP contribution in [0.1, 0.15) is 56.3 Å². The molecule has 1 N–H and O–H groups in total. The fourth-order valence-electron chi connectivity index (χ4n) is 4.81. The van der Waals surface area contributed by atoms with E-state index in [0.29, 0.717) is 48.9 Å². The number of benzene rings is 2. The molecule has 2 aromatic rings. The van der Waals surface area contributed by atoms with E-state index in [0.717, 1.165) is 37.2 Å². The van der Waals surface area contributed by atoms with Crippen molar-refractivity contribution in [2.45, 2.75) is 46.6 Å². The molecule has 8 nitrogen and oxygen atoms in total. The standard InChI is InChI=1S/C32H42N2O6/c1-7-11-19-40-25-14-13-24(20-22(25)5)30(35)28-29(23-12-15-26(39-18-8-2)27(21-23)38-6)34(32(37)31(28)36)17-16-33(9-3)10-4/h8,12-15,20-21,29,35H,2,7,9-11,16-19H2,1,3-6H3/b30-28+. The lowest BCUT2D eigenvalue weighted by Crippen LogP contribution is -2.38. The van der Waals surface area contributed by atoms with Crippen LogP contribution >= 0.6 is 0 Å². The van der Waals surface area contributed by atoms with Crippen molar-refractivity contribution in [1.29, 1.82) is 0 Å². The highest BCUT2D eigenvalue weighted by Gasteiger charge is 2.46. The van der Waals surface area contributed by atoms with Crippen LogP contribution in [0.5, 0.6) is 17.2 Å². The van der Waals surface area contributed by atoms with Gasteiger partial charge in [0.05, 0.1) is 25.3 Å². The highest BCUT2D eigenvalue weighted by molar-refractivity contribution is 6.46. The Morgan fingerprint density at radius 2 is 1.77 bits per heavy atom. The van der Waals surface area contributed by atoms with E-state index < -0.39 is 17.7 Å². The fourth-order valence-corrected chi connectivity index (χ4v) is 4.81. The van der Waals surface area contributed by atoms with Crippen LogP contribution < -0.4 is 14.2 Å². The summed E-state index contributed by atoms with van der Waals surface area (Å²) < 4.78 is 17.1. The largest absolute Gasteiger partial charge is 0.507 e. The first kappa shape index (κ1) is 30.8. The Morgan fingerprint density at radius 3 is 2.40 bits per heavy atom. The zero-order valence-corrected chi connectivity index (χ0v) is 24.4. The normalized spacial score (nSPS) is 16.4. The summed E-state index contributed by atoms with van der Waals surface area (Å²) in [5.74, 6) is 0.123. The zero-order valence-electron chi connectivity index (χ0n) is 24.4. The number of likely N-dealkylation sites (N-methyl/N-ethyl adjacent to an activating group) is 1. The summed E-state index contributed by atoms with van der Waals surface area (Å²) in [5.41, 5.74) is 1.97. The van der Waals surface area contributed by atoms with E-state index in [-0.39, 0.29) is 11.3 Å². The van der Waals surface area contributed by atoms with Crippen molar-refractivity contribution in [1.82, 2.24) is 9.80 Å². The molecule has 0 bridgehead atoms. The maximum absolute atomic E-state index is 13.5. The van der Waals surface area contributed by atoms with Gasteiger partial charge in [0.1, 0.15) is 18.1 Å². The van der Waals surface area contributed by atoms with Crippen molar-refractivity contribution < 1.29 is 28.9 Å². The average Bonchev–Trinajstić information content (AvgIpc) is 3.22. The van der Waals surface area contributed by atoms with Crippen molar-refractivity contribution in [3.63, 3.8) is 0 Å².